The first kappa shape index (κ1) is 19.4. The molecule has 25 heavy (non-hydrogen) atoms. The zero-order valence-electron chi connectivity index (χ0n) is 14.4. The SMILES string of the molecule is CC(C)(C)OC(=O)NCc1cccc(COc2ccc(Cl)cc2Cl)c1. The lowest BCUT2D eigenvalue weighted by Crippen LogP contribution is -2.32. The summed E-state index contributed by atoms with van der Waals surface area (Å²) < 4.78 is 10.9. The van der Waals surface area contributed by atoms with Crippen LogP contribution in [0.3, 0.4) is 0 Å². The second-order valence-electron chi connectivity index (χ2n) is 6.54. The Morgan fingerprint density at radius 3 is 2.48 bits per heavy atom. The molecule has 0 aliphatic rings. The minimum absolute atomic E-state index is 0.363. The Morgan fingerprint density at radius 2 is 1.80 bits per heavy atom. The fourth-order valence-electron chi connectivity index (χ4n) is 2.07. The van der Waals surface area contributed by atoms with E-state index in [-0.39, 0.29) is 0 Å². The van der Waals surface area contributed by atoms with Crippen molar-refractivity contribution in [3.63, 3.8) is 0 Å². The molecule has 0 fully saturated rings. The van der Waals surface area contributed by atoms with Gasteiger partial charge in [-0.3, -0.25) is 0 Å². The zero-order valence-corrected chi connectivity index (χ0v) is 15.9. The average molecular weight is 382 g/mol. The second kappa shape index (κ2) is 8.45. The first-order chi connectivity index (χ1) is 11.7. The Labute approximate surface area is 158 Å². The van der Waals surface area contributed by atoms with Gasteiger partial charge in [-0.2, -0.15) is 0 Å². The van der Waals surface area contributed by atoms with Crippen LogP contribution in [0.2, 0.25) is 10.0 Å². The normalized spacial score (nSPS) is 11.1. The number of halogens is 2. The maximum absolute atomic E-state index is 11.7. The van der Waals surface area contributed by atoms with Crippen LogP contribution < -0.4 is 10.1 Å². The van der Waals surface area contributed by atoms with Crippen molar-refractivity contribution < 1.29 is 14.3 Å². The largest absolute Gasteiger partial charge is 0.487 e. The van der Waals surface area contributed by atoms with E-state index in [1.807, 2.05) is 45.0 Å². The lowest BCUT2D eigenvalue weighted by molar-refractivity contribution is 0.0523. The van der Waals surface area contributed by atoms with Crippen molar-refractivity contribution in [3.05, 3.63) is 63.6 Å². The van der Waals surface area contributed by atoms with Crippen LogP contribution >= 0.6 is 23.2 Å². The first-order valence-corrected chi connectivity index (χ1v) is 8.61. The molecule has 0 radical (unpaired) electrons. The molecule has 0 saturated heterocycles. The highest BCUT2D eigenvalue weighted by atomic mass is 35.5. The van der Waals surface area contributed by atoms with Crippen LogP contribution in [0, 0.1) is 0 Å². The van der Waals surface area contributed by atoms with Crippen molar-refractivity contribution in [1.29, 1.82) is 0 Å². The van der Waals surface area contributed by atoms with Gasteiger partial charge in [0.25, 0.3) is 0 Å². The van der Waals surface area contributed by atoms with E-state index in [0.29, 0.717) is 28.9 Å². The van der Waals surface area contributed by atoms with Gasteiger partial charge in [-0.15, -0.1) is 0 Å². The molecule has 0 unspecified atom stereocenters. The Hall–Kier alpha value is -1.91. The number of carbonyl (C=O) groups excluding carboxylic acids is 1. The number of amides is 1. The first-order valence-electron chi connectivity index (χ1n) is 7.85. The highest BCUT2D eigenvalue weighted by molar-refractivity contribution is 6.35. The summed E-state index contributed by atoms with van der Waals surface area (Å²) in [5.74, 6) is 0.573. The minimum Gasteiger partial charge on any atom is -0.487 e. The minimum atomic E-state index is -0.516. The van der Waals surface area contributed by atoms with Gasteiger partial charge >= 0.3 is 6.09 Å². The van der Waals surface area contributed by atoms with Gasteiger partial charge in [0, 0.05) is 11.6 Å². The lowest BCUT2D eigenvalue weighted by Gasteiger charge is -2.19. The van der Waals surface area contributed by atoms with Crippen LogP contribution in [0.1, 0.15) is 31.9 Å². The van der Waals surface area contributed by atoms with Gasteiger partial charge in [0.1, 0.15) is 18.0 Å². The number of hydrogen-bond donors (Lipinski definition) is 1. The quantitative estimate of drug-likeness (QED) is 0.733. The van der Waals surface area contributed by atoms with Crippen molar-refractivity contribution >= 4 is 29.3 Å². The third kappa shape index (κ3) is 6.85. The Kier molecular flexibility index (Phi) is 6.57. The van der Waals surface area contributed by atoms with Gasteiger partial charge < -0.3 is 14.8 Å². The predicted molar refractivity (Wildman–Crippen MR) is 100 cm³/mol. The average Bonchev–Trinajstić information content (AvgIpc) is 2.51. The predicted octanol–water partition coefficient (Wildman–Crippen LogP) is 5.60. The molecule has 2 aromatic rings. The summed E-state index contributed by atoms with van der Waals surface area (Å²) >= 11 is 12.0. The zero-order chi connectivity index (χ0) is 18.4. The molecule has 0 heterocycles. The van der Waals surface area contributed by atoms with Crippen LogP contribution in [-0.4, -0.2) is 11.7 Å². The van der Waals surface area contributed by atoms with E-state index in [9.17, 15) is 4.79 Å². The van der Waals surface area contributed by atoms with E-state index in [0.717, 1.165) is 11.1 Å². The van der Waals surface area contributed by atoms with Crippen molar-refractivity contribution in [2.75, 3.05) is 0 Å². The summed E-state index contributed by atoms with van der Waals surface area (Å²) in [6.07, 6.45) is -0.443. The number of hydrogen-bond acceptors (Lipinski definition) is 3. The van der Waals surface area contributed by atoms with Crippen molar-refractivity contribution in [2.45, 2.75) is 39.5 Å². The molecule has 1 amide bonds. The molecule has 0 spiro atoms. The summed E-state index contributed by atoms with van der Waals surface area (Å²) in [6, 6.07) is 12.8. The Balaban J connectivity index is 1.91. The number of benzene rings is 2. The van der Waals surface area contributed by atoms with E-state index in [2.05, 4.69) is 5.32 Å². The monoisotopic (exact) mass is 381 g/mol. The van der Waals surface area contributed by atoms with Crippen LogP contribution in [0.25, 0.3) is 0 Å². The molecule has 0 aromatic heterocycles. The number of rotatable bonds is 5. The summed E-state index contributed by atoms with van der Waals surface area (Å²) in [6.45, 7) is 6.22. The molecule has 0 atom stereocenters. The maximum atomic E-state index is 11.7. The van der Waals surface area contributed by atoms with E-state index in [4.69, 9.17) is 32.7 Å². The number of alkyl carbamates (subject to hydrolysis) is 1. The van der Waals surface area contributed by atoms with E-state index >= 15 is 0 Å². The van der Waals surface area contributed by atoms with E-state index < -0.39 is 11.7 Å². The fourth-order valence-corrected chi connectivity index (χ4v) is 2.53. The van der Waals surface area contributed by atoms with Crippen LogP contribution in [0.15, 0.2) is 42.5 Å². The Bertz CT molecular complexity index is 742. The van der Waals surface area contributed by atoms with E-state index in [1.165, 1.54) is 0 Å². The molecule has 0 aliphatic carbocycles. The summed E-state index contributed by atoms with van der Waals surface area (Å²) in [5.41, 5.74) is 1.40. The van der Waals surface area contributed by atoms with Gasteiger partial charge in [-0.05, 0) is 50.1 Å². The molecule has 1 N–H and O–H groups in total. The van der Waals surface area contributed by atoms with E-state index in [1.54, 1.807) is 18.2 Å². The van der Waals surface area contributed by atoms with Gasteiger partial charge in [-0.25, -0.2) is 4.79 Å². The Morgan fingerprint density at radius 1 is 1.08 bits per heavy atom. The van der Waals surface area contributed by atoms with Gasteiger partial charge in [0.2, 0.25) is 0 Å². The molecular formula is C19H21Cl2NO3. The highest BCUT2D eigenvalue weighted by Gasteiger charge is 2.15. The fraction of sp³-hybridized carbons (Fsp3) is 0.316. The van der Waals surface area contributed by atoms with Gasteiger partial charge in [0.15, 0.2) is 0 Å². The molecule has 0 saturated carbocycles. The van der Waals surface area contributed by atoms with Crippen LogP contribution in [0.5, 0.6) is 5.75 Å². The second-order valence-corrected chi connectivity index (χ2v) is 7.38. The smallest absolute Gasteiger partial charge is 0.407 e. The molecule has 2 aromatic carbocycles. The molecule has 4 nitrogen and oxygen atoms in total. The number of carbonyl (C=O) groups is 1. The van der Waals surface area contributed by atoms with Gasteiger partial charge in [-0.1, -0.05) is 47.5 Å². The molecule has 2 rings (SSSR count). The van der Waals surface area contributed by atoms with Crippen molar-refractivity contribution in [1.82, 2.24) is 5.32 Å². The highest BCUT2D eigenvalue weighted by Crippen LogP contribution is 2.28. The molecule has 0 aliphatic heterocycles. The van der Waals surface area contributed by atoms with Crippen LogP contribution in [0.4, 0.5) is 4.79 Å². The standard InChI is InChI=1S/C19H21Cl2NO3/c1-19(2,3)25-18(23)22-11-13-5-4-6-14(9-13)12-24-17-8-7-15(20)10-16(17)21/h4-10H,11-12H2,1-3H3,(H,22,23). The van der Waals surface area contributed by atoms with Crippen molar-refractivity contribution in [2.24, 2.45) is 0 Å². The molecule has 0 bridgehead atoms. The number of nitrogens with one attached hydrogen (secondary N) is 1. The summed E-state index contributed by atoms with van der Waals surface area (Å²) in [7, 11) is 0. The van der Waals surface area contributed by atoms with Gasteiger partial charge in [0.05, 0.1) is 5.02 Å². The molecule has 134 valence electrons. The third-order valence-electron chi connectivity index (χ3n) is 3.12. The molecular weight excluding hydrogens is 361 g/mol. The summed E-state index contributed by atoms with van der Waals surface area (Å²) in [5, 5.41) is 3.76. The number of ether oxygens (including phenoxy) is 2. The third-order valence-corrected chi connectivity index (χ3v) is 3.65. The van der Waals surface area contributed by atoms with Crippen molar-refractivity contribution in [3.8, 4) is 5.75 Å². The lowest BCUT2D eigenvalue weighted by atomic mass is 10.1. The maximum Gasteiger partial charge on any atom is 0.407 e. The molecule has 6 heteroatoms. The summed E-state index contributed by atoms with van der Waals surface area (Å²) in [4.78, 5) is 11.7. The topological polar surface area (TPSA) is 47.6 Å². The van der Waals surface area contributed by atoms with Crippen LogP contribution in [-0.2, 0) is 17.9 Å².